The second-order valence-electron chi connectivity index (χ2n) is 6.31. The van der Waals surface area contributed by atoms with Gasteiger partial charge in [0, 0.05) is 11.5 Å². The number of carbonyl (C=O) groups excluding carboxylic acids is 1. The number of ether oxygens (including phenoxy) is 1. The minimum atomic E-state index is 0.236. The zero-order chi connectivity index (χ0) is 16.7. The van der Waals surface area contributed by atoms with Crippen LogP contribution in [0, 0.1) is 12.8 Å². The van der Waals surface area contributed by atoms with Crippen LogP contribution in [0.1, 0.15) is 24.2 Å². The Hall–Kier alpha value is -2.69. The van der Waals surface area contributed by atoms with E-state index >= 15 is 0 Å². The first-order valence-corrected chi connectivity index (χ1v) is 8.18. The number of aromatic nitrogens is 3. The van der Waals surface area contributed by atoms with Crippen LogP contribution in [-0.4, -0.2) is 27.5 Å². The minimum absolute atomic E-state index is 0.236. The van der Waals surface area contributed by atoms with Crippen molar-refractivity contribution in [1.29, 1.82) is 0 Å². The van der Waals surface area contributed by atoms with Crippen molar-refractivity contribution in [3.8, 4) is 17.0 Å². The first-order valence-electron chi connectivity index (χ1n) is 8.18. The number of methoxy groups -OCH3 is 1. The zero-order valence-electron chi connectivity index (χ0n) is 13.8. The van der Waals surface area contributed by atoms with Gasteiger partial charge in [0.2, 0.25) is 0 Å². The Labute approximate surface area is 140 Å². The molecule has 1 aliphatic carbocycles. The summed E-state index contributed by atoms with van der Waals surface area (Å²) < 4.78 is 7.14. The van der Waals surface area contributed by atoms with E-state index in [1.54, 1.807) is 7.11 Å². The molecule has 0 N–H and O–H groups in total. The van der Waals surface area contributed by atoms with Gasteiger partial charge >= 0.3 is 0 Å². The highest BCUT2D eigenvalue weighted by atomic mass is 16.5. The fourth-order valence-electron chi connectivity index (χ4n) is 2.99. The Morgan fingerprint density at radius 3 is 2.83 bits per heavy atom. The highest BCUT2D eigenvalue weighted by Gasteiger charge is 2.30. The monoisotopic (exact) mass is 321 g/mol. The molecule has 0 bridgehead atoms. The lowest BCUT2D eigenvalue weighted by Crippen LogP contribution is -2.06. The maximum absolute atomic E-state index is 12.0. The lowest BCUT2D eigenvalue weighted by Gasteiger charge is -2.08. The molecule has 1 saturated carbocycles. The van der Waals surface area contributed by atoms with Crippen LogP contribution in [0.25, 0.3) is 16.9 Å². The van der Waals surface area contributed by atoms with Crippen LogP contribution < -0.4 is 4.74 Å². The SMILES string of the molecule is COc1ccc(-c2cccc3nc(CC(=O)C4CC4)nn23)cc1C. The Bertz CT molecular complexity index is 926. The van der Waals surface area contributed by atoms with Gasteiger partial charge in [-0.25, -0.2) is 9.50 Å². The number of fused-ring (bicyclic) bond motifs is 1. The molecule has 4 rings (SSSR count). The fraction of sp³-hybridized carbons (Fsp3) is 0.316. The molecule has 2 heterocycles. The summed E-state index contributed by atoms with van der Waals surface area (Å²) in [5.41, 5.74) is 3.83. The lowest BCUT2D eigenvalue weighted by atomic mass is 10.1. The molecule has 0 saturated heterocycles. The minimum Gasteiger partial charge on any atom is -0.496 e. The third kappa shape index (κ3) is 2.66. The molecule has 0 aliphatic heterocycles. The average Bonchev–Trinajstić information content (AvgIpc) is 3.35. The van der Waals surface area contributed by atoms with Crippen LogP contribution in [0.5, 0.6) is 5.75 Å². The number of benzene rings is 1. The molecule has 0 spiro atoms. The smallest absolute Gasteiger partial charge is 0.159 e. The third-order valence-electron chi connectivity index (χ3n) is 4.46. The Kier molecular flexibility index (Phi) is 3.56. The zero-order valence-corrected chi connectivity index (χ0v) is 13.8. The average molecular weight is 321 g/mol. The highest BCUT2D eigenvalue weighted by molar-refractivity contribution is 5.84. The van der Waals surface area contributed by atoms with Gasteiger partial charge in [0.1, 0.15) is 11.5 Å². The number of hydrogen-bond donors (Lipinski definition) is 0. The van der Waals surface area contributed by atoms with E-state index < -0.39 is 0 Å². The van der Waals surface area contributed by atoms with E-state index in [0.29, 0.717) is 12.2 Å². The van der Waals surface area contributed by atoms with E-state index in [4.69, 9.17) is 4.74 Å². The molecule has 122 valence electrons. The number of pyridine rings is 1. The van der Waals surface area contributed by atoms with Crippen molar-refractivity contribution in [3.05, 3.63) is 47.8 Å². The third-order valence-corrected chi connectivity index (χ3v) is 4.46. The summed E-state index contributed by atoms with van der Waals surface area (Å²) in [6.07, 6.45) is 2.36. The molecule has 5 nitrogen and oxygen atoms in total. The summed E-state index contributed by atoms with van der Waals surface area (Å²) >= 11 is 0. The summed E-state index contributed by atoms with van der Waals surface area (Å²) in [6.45, 7) is 2.02. The number of nitrogens with zero attached hydrogens (tertiary/aromatic N) is 3. The summed E-state index contributed by atoms with van der Waals surface area (Å²) in [6, 6.07) is 11.9. The molecule has 0 atom stereocenters. The van der Waals surface area contributed by atoms with Crippen LogP contribution in [0.4, 0.5) is 0 Å². The first-order chi connectivity index (χ1) is 11.7. The van der Waals surface area contributed by atoms with Crippen molar-refractivity contribution in [2.45, 2.75) is 26.2 Å². The Balaban J connectivity index is 1.73. The van der Waals surface area contributed by atoms with Gasteiger partial charge in [0.05, 0.1) is 19.2 Å². The van der Waals surface area contributed by atoms with Gasteiger partial charge < -0.3 is 4.74 Å². The van der Waals surface area contributed by atoms with Crippen LogP contribution >= 0.6 is 0 Å². The highest BCUT2D eigenvalue weighted by Crippen LogP contribution is 2.31. The molecule has 5 heteroatoms. The van der Waals surface area contributed by atoms with E-state index in [-0.39, 0.29) is 11.7 Å². The number of carbonyl (C=O) groups is 1. The molecule has 1 fully saturated rings. The second-order valence-corrected chi connectivity index (χ2v) is 6.31. The van der Waals surface area contributed by atoms with Crippen molar-refractivity contribution in [2.24, 2.45) is 5.92 Å². The summed E-state index contributed by atoms with van der Waals surface area (Å²) in [5.74, 6) is 1.96. The molecule has 3 aromatic rings. The molecule has 24 heavy (non-hydrogen) atoms. The summed E-state index contributed by atoms with van der Waals surface area (Å²) in [5, 5.41) is 4.56. The first kappa shape index (κ1) is 14.9. The predicted molar refractivity (Wildman–Crippen MR) is 91.1 cm³/mol. The van der Waals surface area contributed by atoms with Gasteiger partial charge in [-0.3, -0.25) is 4.79 Å². The quantitative estimate of drug-likeness (QED) is 0.724. The van der Waals surface area contributed by atoms with Crippen LogP contribution in [0.15, 0.2) is 36.4 Å². The van der Waals surface area contributed by atoms with E-state index in [0.717, 1.165) is 41.1 Å². The second kappa shape index (κ2) is 5.74. The number of ketones is 1. The molecule has 2 aromatic heterocycles. The predicted octanol–water partition coefficient (Wildman–Crippen LogP) is 3.23. The van der Waals surface area contributed by atoms with Gasteiger partial charge in [-0.2, -0.15) is 5.10 Å². The van der Waals surface area contributed by atoms with E-state index in [2.05, 4.69) is 16.1 Å². The fourth-order valence-corrected chi connectivity index (χ4v) is 2.99. The standard InChI is InChI=1S/C19H19N3O2/c1-12-10-14(8-9-17(12)24-2)15-4-3-5-19-20-18(21-22(15)19)11-16(23)13-6-7-13/h3-5,8-10,13H,6-7,11H2,1-2H3. The van der Waals surface area contributed by atoms with Gasteiger partial charge in [-0.1, -0.05) is 6.07 Å². The number of aryl methyl sites for hydroxylation is 1. The van der Waals surface area contributed by atoms with E-state index in [1.807, 2.05) is 41.8 Å². The van der Waals surface area contributed by atoms with Crippen molar-refractivity contribution >= 4 is 11.4 Å². The Morgan fingerprint density at radius 1 is 1.29 bits per heavy atom. The largest absolute Gasteiger partial charge is 0.496 e. The normalized spacial score (nSPS) is 14.1. The number of rotatable bonds is 5. The summed E-state index contributed by atoms with van der Waals surface area (Å²) in [7, 11) is 1.67. The number of Topliss-reactive ketones (excluding diaryl/α,β-unsaturated/α-hetero) is 1. The molecule has 1 aromatic carbocycles. The topological polar surface area (TPSA) is 56.5 Å². The van der Waals surface area contributed by atoms with Crippen molar-refractivity contribution < 1.29 is 9.53 Å². The molecular formula is C19H19N3O2. The van der Waals surface area contributed by atoms with Gasteiger partial charge in [-0.05, 0) is 55.7 Å². The van der Waals surface area contributed by atoms with Crippen molar-refractivity contribution in [3.63, 3.8) is 0 Å². The lowest BCUT2D eigenvalue weighted by molar-refractivity contribution is -0.119. The molecular weight excluding hydrogens is 302 g/mol. The van der Waals surface area contributed by atoms with Gasteiger partial charge in [0.25, 0.3) is 0 Å². The molecule has 0 unspecified atom stereocenters. The van der Waals surface area contributed by atoms with E-state index in [1.165, 1.54) is 0 Å². The number of hydrogen-bond acceptors (Lipinski definition) is 4. The Morgan fingerprint density at radius 2 is 2.12 bits per heavy atom. The molecule has 1 aliphatic rings. The van der Waals surface area contributed by atoms with Crippen LogP contribution in [-0.2, 0) is 11.2 Å². The van der Waals surface area contributed by atoms with Crippen LogP contribution in [0.2, 0.25) is 0 Å². The molecule has 0 radical (unpaired) electrons. The van der Waals surface area contributed by atoms with Crippen molar-refractivity contribution in [1.82, 2.24) is 14.6 Å². The summed E-state index contributed by atoms with van der Waals surface area (Å²) in [4.78, 5) is 16.5. The maximum Gasteiger partial charge on any atom is 0.159 e. The van der Waals surface area contributed by atoms with E-state index in [9.17, 15) is 4.79 Å². The van der Waals surface area contributed by atoms with Crippen molar-refractivity contribution in [2.75, 3.05) is 7.11 Å². The van der Waals surface area contributed by atoms with Gasteiger partial charge in [0.15, 0.2) is 11.5 Å². The maximum atomic E-state index is 12.0. The van der Waals surface area contributed by atoms with Crippen LogP contribution in [0.3, 0.4) is 0 Å². The van der Waals surface area contributed by atoms with Gasteiger partial charge in [-0.15, -0.1) is 0 Å². The molecule has 0 amide bonds.